The highest BCUT2D eigenvalue weighted by molar-refractivity contribution is 5.74. The van der Waals surface area contributed by atoms with Crippen molar-refractivity contribution >= 4 is 5.57 Å². The Labute approximate surface area is 119 Å². The molecular weight excluding hydrogens is 248 g/mol. The fourth-order valence-corrected chi connectivity index (χ4v) is 2.91. The van der Waals surface area contributed by atoms with Gasteiger partial charge in [-0.3, -0.25) is 0 Å². The summed E-state index contributed by atoms with van der Waals surface area (Å²) in [5, 5.41) is 11.0. The van der Waals surface area contributed by atoms with E-state index in [0.29, 0.717) is 0 Å². The van der Waals surface area contributed by atoms with E-state index >= 15 is 0 Å². The highest BCUT2D eigenvalue weighted by atomic mass is 16.6. The van der Waals surface area contributed by atoms with Crippen LogP contribution in [-0.4, -0.2) is 11.2 Å². The van der Waals surface area contributed by atoms with E-state index in [1.807, 2.05) is 62.4 Å². The summed E-state index contributed by atoms with van der Waals surface area (Å²) in [6, 6.07) is 19.6. The van der Waals surface area contributed by atoms with E-state index < -0.39 is 5.79 Å². The first-order valence-electron chi connectivity index (χ1n) is 6.85. The molecule has 0 bridgehead atoms. The molecule has 0 aromatic heterocycles. The number of aliphatic hydroxyl groups is 1. The van der Waals surface area contributed by atoms with Crippen molar-refractivity contribution in [2.24, 2.45) is 0 Å². The van der Waals surface area contributed by atoms with Crippen LogP contribution in [0.2, 0.25) is 0 Å². The molecule has 0 amide bonds. The molecule has 2 nitrogen and oxygen atoms in total. The van der Waals surface area contributed by atoms with Crippen LogP contribution in [0.3, 0.4) is 0 Å². The van der Waals surface area contributed by atoms with Crippen LogP contribution in [0.15, 0.2) is 66.2 Å². The Kier molecular flexibility index (Phi) is 3.20. The van der Waals surface area contributed by atoms with Gasteiger partial charge in [0.15, 0.2) is 0 Å². The maximum Gasteiger partial charge on any atom is 0.216 e. The molecule has 0 aliphatic carbocycles. The van der Waals surface area contributed by atoms with Crippen LogP contribution in [0.5, 0.6) is 0 Å². The first kappa shape index (κ1) is 13.1. The SMILES string of the molecule is CC1=C(c2ccccc2)[C@H](C)O[C@@]1(O)c1ccccc1. The fourth-order valence-electron chi connectivity index (χ4n) is 2.91. The first-order valence-corrected chi connectivity index (χ1v) is 6.85. The van der Waals surface area contributed by atoms with Crippen molar-refractivity contribution in [2.45, 2.75) is 25.7 Å². The third-order valence-electron chi connectivity index (χ3n) is 3.92. The maximum atomic E-state index is 11.0. The lowest BCUT2D eigenvalue weighted by molar-refractivity contribution is -0.181. The van der Waals surface area contributed by atoms with Gasteiger partial charge in [0.1, 0.15) is 0 Å². The summed E-state index contributed by atoms with van der Waals surface area (Å²) >= 11 is 0. The minimum Gasteiger partial charge on any atom is -0.358 e. The molecule has 3 rings (SSSR count). The smallest absolute Gasteiger partial charge is 0.216 e. The molecule has 1 aliphatic heterocycles. The molecule has 1 aliphatic rings. The zero-order chi connectivity index (χ0) is 14.2. The molecule has 2 aromatic carbocycles. The first-order chi connectivity index (χ1) is 9.63. The standard InChI is InChI=1S/C18H18O2/c1-13-17(15-9-5-3-6-10-15)14(2)20-18(13,19)16-11-7-4-8-12-16/h3-12,14,19H,1-2H3/t14-,18+/m0/s1. The molecular formula is C18H18O2. The Bertz CT molecular complexity index is 631. The highest BCUT2D eigenvalue weighted by Gasteiger charge is 2.43. The van der Waals surface area contributed by atoms with Crippen molar-refractivity contribution in [3.05, 3.63) is 77.4 Å². The molecule has 1 heterocycles. The van der Waals surface area contributed by atoms with E-state index in [1.165, 1.54) is 0 Å². The molecule has 1 N–H and O–H groups in total. The molecule has 0 saturated carbocycles. The lowest BCUT2D eigenvalue weighted by atomic mass is 9.92. The molecule has 0 radical (unpaired) electrons. The quantitative estimate of drug-likeness (QED) is 0.897. The third-order valence-corrected chi connectivity index (χ3v) is 3.92. The highest BCUT2D eigenvalue weighted by Crippen LogP contribution is 2.45. The van der Waals surface area contributed by atoms with E-state index in [9.17, 15) is 5.11 Å². The lowest BCUT2D eigenvalue weighted by Gasteiger charge is -2.25. The molecule has 20 heavy (non-hydrogen) atoms. The van der Waals surface area contributed by atoms with Crippen LogP contribution >= 0.6 is 0 Å². The number of hydrogen-bond donors (Lipinski definition) is 1. The summed E-state index contributed by atoms with van der Waals surface area (Å²) in [6.45, 7) is 3.92. The van der Waals surface area contributed by atoms with Gasteiger partial charge in [0.2, 0.25) is 5.79 Å². The van der Waals surface area contributed by atoms with Crippen LogP contribution in [0, 0.1) is 0 Å². The Morgan fingerprint density at radius 3 is 2.10 bits per heavy atom. The largest absolute Gasteiger partial charge is 0.358 e. The van der Waals surface area contributed by atoms with Crippen molar-refractivity contribution in [1.82, 2.24) is 0 Å². The summed E-state index contributed by atoms with van der Waals surface area (Å²) < 4.78 is 5.90. The van der Waals surface area contributed by atoms with Gasteiger partial charge in [-0.05, 0) is 30.6 Å². The van der Waals surface area contributed by atoms with Crippen LogP contribution in [0.25, 0.3) is 5.57 Å². The molecule has 2 atom stereocenters. The minimum atomic E-state index is -1.33. The van der Waals surface area contributed by atoms with Gasteiger partial charge in [-0.15, -0.1) is 0 Å². The van der Waals surface area contributed by atoms with Gasteiger partial charge in [0, 0.05) is 5.56 Å². The Morgan fingerprint density at radius 1 is 0.950 bits per heavy atom. The molecule has 0 spiro atoms. The number of hydrogen-bond acceptors (Lipinski definition) is 2. The summed E-state index contributed by atoms with van der Waals surface area (Å²) in [5.41, 5.74) is 3.80. The second-order valence-corrected chi connectivity index (χ2v) is 5.17. The molecule has 0 saturated heterocycles. The Hall–Kier alpha value is -1.90. The van der Waals surface area contributed by atoms with Gasteiger partial charge in [-0.2, -0.15) is 0 Å². The average molecular weight is 266 g/mol. The van der Waals surface area contributed by atoms with E-state index in [0.717, 1.165) is 22.3 Å². The predicted molar refractivity (Wildman–Crippen MR) is 79.9 cm³/mol. The van der Waals surface area contributed by atoms with E-state index in [-0.39, 0.29) is 6.10 Å². The Balaban J connectivity index is 2.12. The second kappa shape index (κ2) is 4.89. The third kappa shape index (κ3) is 1.98. The lowest BCUT2D eigenvalue weighted by Crippen LogP contribution is -2.28. The van der Waals surface area contributed by atoms with E-state index in [4.69, 9.17) is 4.74 Å². The van der Waals surface area contributed by atoms with Gasteiger partial charge in [-0.1, -0.05) is 60.7 Å². The van der Waals surface area contributed by atoms with Crippen LogP contribution in [-0.2, 0) is 10.5 Å². The van der Waals surface area contributed by atoms with Crippen LogP contribution in [0.4, 0.5) is 0 Å². The van der Waals surface area contributed by atoms with Gasteiger partial charge in [0.05, 0.1) is 6.10 Å². The average Bonchev–Trinajstić information content (AvgIpc) is 2.72. The van der Waals surface area contributed by atoms with Gasteiger partial charge in [-0.25, -0.2) is 0 Å². The summed E-state index contributed by atoms with van der Waals surface area (Å²) in [5.74, 6) is -1.33. The normalized spacial score (nSPS) is 26.1. The topological polar surface area (TPSA) is 29.5 Å². The zero-order valence-corrected chi connectivity index (χ0v) is 11.7. The summed E-state index contributed by atoms with van der Waals surface area (Å²) in [7, 11) is 0. The van der Waals surface area contributed by atoms with Crippen molar-refractivity contribution in [1.29, 1.82) is 0 Å². The Morgan fingerprint density at radius 2 is 1.50 bits per heavy atom. The van der Waals surface area contributed by atoms with Gasteiger partial charge < -0.3 is 9.84 Å². The monoisotopic (exact) mass is 266 g/mol. The number of rotatable bonds is 2. The molecule has 2 aromatic rings. The predicted octanol–water partition coefficient (Wildman–Crippen LogP) is 3.72. The van der Waals surface area contributed by atoms with Crippen LogP contribution < -0.4 is 0 Å². The molecule has 2 heteroatoms. The summed E-state index contributed by atoms with van der Waals surface area (Å²) in [6.07, 6.45) is -0.136. The second-order valence-electron chi connectivity index (χ2n) is 5.17. The minimum absolute atomic E-state index is 0.136. The number of benzene rings is 2. The van der Waals surface area contributed by atoms with Crippen molar-refractivity contribution < 1.29 is 9.84 Å². The van der Waals surface area contributed by atoms with Gasteiger partial charge >= 0.3 is 0 Å². The van der Waals surface area contributed by atoms with Crippen molar-refractivity contribution in [2.75, 3.05) is 0 Å². The molecule has 0 fully saturated rings. The van der Waals surface area contributed by atoms with Crippen molar-refractivity contribution in [3.63, 3.8) is 0 Å². The molecule has 102 valence electrons. The summed E-state index contributed by atoms with van der Waals surface area (Å²) in [4.78, 5) is 0. The number of ether oxygens (including phenoxy) is 1. The fraction of sp³-hybridized carbons (Fsp3) is 0.222. The zero-order valence-electron chi connectivity index (χ0n) is 11.7. The van der Waals surface area contributed by atoms with E-state index in [1.54, 1.807) is 0 Å². The maximum absolute atomic E-state index is 11.0. The van der Waals surface area contributed by atoms with Crippen LogP contribution in [0.1, 0.15) is 25.0 Å². The molecule has 0 unspecified atom stereocenters. The van der Waals surface area contributed by atoms with Gasteiger partial charge in [0.25, 0.3) is 0 Å². The van der Waals surface area contributed by atoms with E-state index in [2.05, 4.69) is 12.1 Å². The van der Waals surface area contributed by atoms with Crippen molar-refractivity contribution in [3.8, 4) is 0 Å².